The van der Waals surface area contributed by atoms with Crippen molar-refractivity contribution in [1.29, 1.82) is 0 Å². The molecule has 1 heterocycles. The molecular formula is C25H27N3O5S. The summed E-state index contributed by atoms with van der Waals surface area (Å²) in [5, 5.41) is 3.32. The van der Waals surface area contributed by atoms with E-state index in [1.54, 1.807) is 42.3 Å². The molecular weight excluding hydrogens is 454 g/mol. The number of rotatable bonds is 9. The van der Waals surface area contributed by atoms with Gasteiger partial charge in [0.2, 0.25) is 0 Å². The van der Waals surface area contributed by atoms with Crippen molar-refractivity contribution in [3.05, 3.63) is 78.4 Å². The number of fused-ring (bicyclic) bond motifs is 1. The van der Waals surface area contributed by atoms with Gasteiger partial charge in [0.05, 0.1) is 4.90 Å². The third kappa shape index (κ3) is 5.79. The van der Waals surface area contributed by atoms with E-state index in [0.717, 1.165) is 18.7 Å². The van der Waals surface area contributed by atoms with Gasteiger partial charge in [0, 0.05) is 43.1 Å². The summed E-state index contributed by atoms with van der Waals surface area (Å²) in [4.78, 5) is 14.4. The van der Waals surface area contributed by atoms with Gasteiger partial charge < -0.3 is 19.7 Å². The van der Waals surface area contributed by atoms with Crippen molar-refractivity contribution in [3.63, 3.8) is 0 Å². The van der Waals surface area contributed by atoms with E-state index >= 15 is 0 Å². The minimum absolute atomic E-state index is 0.0701. The first-order valence-corrected chi connectivity index (χ1v) is 12.5. The molecule has 178 valence electrons. The van der Waals surface area contributed by atoms with Crippen LogP contribution in [0.25, 0.3) is 0 Å². The molecule has 8 nitrogen and oxygen atoms in total. The van der Waals surface area contributed by atoms with Crippen molar-refractivity contribution in [2.24, 2.45) is 0 Å². The van der Waals surface area contributed by atoms with Crippen LogP contribution in [0.15, 0.2) is 77.7 Å². The van der Waals surface area contributed by atoms with Crippen molar-refractivity contribution in [2.75, 3.05) is 43.4 Å². The van der Waals surface area contributed by atoms with E-state index in [4.69, 9.17) is 9.47 Å². The highest BCUT2D eigenvalue weighted by Crippen LogP contribution is 2.32. The second kappa shape index (κ2) is 10.5. The molecule has 0 saturated carbocycles. The van der Waals surface area contributed by atoms with Gasteiger partial charge in [0.15, 0.2) is 11.5 Å². The number of hydrogen-bond donors (Lipinski definition) is 2. The summed E-state index contributed by atoms with van der Waals surface area (Å²) in [7, 11) is -2.07. The van der Waals surface area contributed by atoms with E-state index in [1.165, 1.54) is 12.1 Å². The van der Waals surface area contributed by atoms with Gasteiger partial charge in [0.1, 0.15) is 13.2 Å². The fourth-order valence-corrected chi connectivity index (χ4v) is 4.59. The van der Waals surface area contributed by atoms with E-state index in [-0.39, 0.29) is 10.8 Å². The zero-order valence-corrected chi connectivity index (χ0v) is 19.7. The Hall–Kier alpha value is -3.72. The van der Waals surface area contributed by atoms with Crippen LogP contribution in [-0.2, 0) is 10.0 Å². The lowest BCUT2D eigenvalue weighted by Gasteiger charge is -2.19. The molecule has 0 radical (unpaired) electrons. The van der Waals surface area contributed by atoms with Crippen molar-refractivity contribution in [1.82, 2.24) is 4.90 Å². The second-order valence-corrected chi connectivity index (χ2v) is 9.54. The number of carbonyl (C=O) groups excluding carboxylic acids is 1. The van der Waals surface area contributed by atoms with Crippen LogP contribution in [0.5, 0.6) is 11.5 Å². The molecule has 0 spiro atoms. The summed E-state index contributed by atoms with van der Waals surface area (Å²) in [6.07, 6.45) is 0.796. The first kappa shape index (κ1) is 23.4. The molecule has 3 aromatic carbocycles. The Morgan fingerprint density at radius 3 is 2.35 bits per heavy atom. The zero-order chi connectivity index (χ0) is 24.0. The predicted octanol–water partition coefficient (Wildman–Crippen LogP) is 3.83. The lowest BCUT2D eigenvalue weighted by molar-refractivity contribution is 0.0794. The summed E-state index contributed by atoms with van der Waals surface area (Å²) in [5.74, 6) is 0.797. The Balaban J connectivity index is 1.31. The zero-order valence-electron chi connectivity index (χ0n) is 18.9. The highest BCUT2D eigenvalue weighted by atomic mass is 32.2. The van der Waals surface area contributed by atoms with Crippen molar-refractivity contribution >= 4 is 27.3 Å². The summed E-state index contributed by atoms with van der Waals surface area (Å²) >= 11 is 0. The third-order valence-corrected chi connectivity index (χ3v) is 6.71. The SMILES string of the molecule is CN(CCCNc1ccccc1)C(=O)c1ccc(NS(=O)(=O)c2ccc3c(c2)OCCO3)cc1. The standard InChI is InChI=1S/C25H27N3O5S/c1-28(15-5-14-26-20-6-3-2-4-7-20)25(29)19-8-10-21(11-9-19)27-34(30,31)22-12-13-23-24(18-22)33-17-16-32-23/h2-4,6-13,18,26-27H,5,14-17H2,1H3. The highest BCUT2D eigenvalue weighted by molar-refractivity contribution is 7.92. The maximum atomic E-state index is 12.8. The van der Waals surface area contributed by atoms with Crippen LogP contribution < -0.4 is 19.5 Å². The number of sulfonamides is 1. The normalized spacial score (nSPS) is 12.6. The van der Waals surface area contributed by atoms with Crippen molar-refractivity contribution in [2.45, 2.75) is 11.3 Å². The van der Waals surface area contributed by atoms with Crippen LogP contribution in [0.3, 0.4) is 0 Å². The number of nitrogens with one attached hydrogen (secondary N) is 2. The number of anilines is 2. The fourth-order valence-electron chi connectivity index (χ4n) is 3.51. The Kier molecular flexibility index (Phi) is 7.22. The average Bonchev–Trinajstić information content (AvgIpc) is 2.86. The molecule has 0 atom stereocenters. The molecule has 0 unspecified atom stereocenters. The van der Waals surface area contributed by atoms with Gasteiger partial charge in [-0.05, 0) is 55.0 Å². The largest absolute Gasteiger partial charge is 0.486 e. The lowest BCUT2D eigenvalue weighted by Crippen LogP contribution is -2.28. The van der Waals surface area contributed by atoms with E-state index in [1.807, 2.05) is 30.3 Å². The maximum absolute atomic E-state index is 12.8. The molecule has 34 heavy (non-hydrogen) atoms. The molecule has 9 heteroatoms. The number of amides is 1. The average molecular weight is 482 g/mol. The molecule has 0 aromatic heterocycles. The van der Waals surface area contributed by atoms with E-state index in [0.29, 0.717) is 42.5 Å². The highest BCUT2D eigenvalue weighted by Gasteiger charge is 2.20. The van der Waals surface area contributed by atoms with E-state index in [2.05, 4.69) is 10.0 Å². The van der Waals surface area contributed by atoms with Gasteiger partial charge in [-0.15, -0.1) is 0 Å². The second-order valence-electron chi connectivity index (χ2n) is 7.86. The van der Waals surface area contributed by atoms with E-state index in [9.17, 15) is 13.2 Å². The molecule has 0 fully saturated rings. The Morgan fingerprint density at radius 1 is 0.912 bits per heavy atom. The summed E-state index contributed by atoms with van der Waals surface area (Å²) in [5.41, 5.74) is 1.90. The molecule has 2 N–H and O–H groups in total. The predicted molar refractivity (Wildman–Crippen MR) is 131 cm³/mol. The van der Waals surface area contributed by atoms with Gasteiger partial charge in [0.25, 0.3) is 15.9 Å². The number of ether oxygens (including phenoxy) is 2. The van der Waals surface area contributed by atoms with Gasteiger partial charge in [-0.3, -0.25) is 9.52 Å². The molecule has 0 aliphatic carbocycles. The Morgan fingerprint density at radius 2 is 1.62 bits per heavy atom. The number of hydrogen-bond acceptors (Lipinski definition) is 6. The van der Waals surface area contributed by atoms with Crippen molar-refractivity contribution < 1.29 is 22.7 Å². The number of nitrogens with zero attached hydrogens (tertiary/aromatic N) is 1. The van der Waals surface area contributed by atoms with Gasteiger partial charge >= 0.3 is 0 Å². The van der Waals surface area contributed by atoms with Crippen LogP contribution in [0.1, 0.15) is 16.8 Å². The van der Waals surface area contributed by atoms with Crippen LogP contribution in [-0.4, -0.2) is 52.6 Å². The smallest absolute Gasteiger partial charge is 0.262 e. The Bertz CT molecular complexity index is 1230. The first-order chi connectivity index (χ1) is 16.4. The van der Waals surface area contributed by atoms with Crippen LogP contribution in [0, 0.1) is 0 Å². The quantitative estimate of drug-likeness (QED) is 0.451. The molecule has 1 aliphatic rings. The molecule has 4 rings (SSSR count). The van der Waals surface area contributed by atoms with Crippen LogP contribution in [0.2, 0.25) is 0 Å². The topological polar surface area (TPSA) is 97.0 Å². The van der Waals surface area contributed by atoms with E-state index < -0.39 is 10.0 Å². The molecule has 0 bridgehead atoms. The number of benzene rings is 3. The van der Waals surface area contributed by atoms with Gasteiger partial charge in [-0.25, -0.2) is 8.42 Å². The monoisotopic (exact) mass is 481 g/mol. The van der Waals surface area contributed by atoms with Crippen LogP contribution in [0.4, 0.5) is 11.4 Å². The summed E-state index contributed by atoms with van der Waals surface area (Å²) < 4.78 is 39.0. The number of carbonyl (C=O) groups is 1. The van der Waals surface area contributed by atoms with Crippen molar-refractivity contribution in [3.8, 4) is 11.5 Å². The maximum Gasteiger partial charge on any atom is 0.262 e. The summed E-state index contributed by atoms with van der Waals surface area (Å²) in [6.45, 7) is 2.15. The Labute approximate surface area is 199 Å². The fraction of sp³-hybridized carbons (Fsp3) is 0.240. The first-order valence-electron chi connectivity index (χ1n) is 11.0. The lowest BCUT2D eigenvalue weighted by atomic mass is 10.2. The summed E-state index contributed by atoms with van der Waals surface area (Å²) in [6, 6.07) is 20.8. The van der Waals surface area contributed by atoms with Crippen LogP contribution >= 0.6 is 0 Å². The molecule has 1 amide bonds. The molecule has 0 saturated heterocycles. The van der Waals surface area contributed by atoms with Gasteiger partial charge in [-0.1, -0.05) is 18.2 Å². The minimum atomic E-state index is -3.82. The minimum Gasteiger partial charge on any atom is -0.486 e. The molecule has 1 aliphatic heterocycles. The molecule has 3 aromatic rings. The third-order valence-electron chi connectivity index (χ3n) is 5.33. The van der Waals surface area contributed by atoms with Gasteiger partial charge in [-0.2, -0.15) is 0 Å². The number of para-hydroxylation sites is 1.